The van der Waals surface area contributed by atoms with E-state index in [0.717, 1.165) is 18.6 Å². The fourth-order valence-corrected chi connectivity index (χ4v) is 4.38. The molecule has 10 heteroatoms. The molecule has 4 atom stereocenters. The van der Waals surface area contributed by atoms with Crippen LogP contribution in [0.25, 0.3) is 0 Å². The summed E-state index contributed by atoms with van der Waals surface area (Å²) in [7, 11) is 1.64. The zero-order valence-corrected chi connectivity index (χ0v) is 24.9. The molecule has 3 aromatic carbocycles. The molecule has 0 radical (unpaired) electrons. The Morgan fingerprint density at radius 2 is 1.50 bits per heavy atom. The van der Waals surface area contributed by atoms with Crippen molar-refractivity contribution in [3.05, 3.63) is 77.4 Å². The molecule has 2 unspecified atom stereocenters. The molecule has 0 saturated carbocycles. The van der Waals surface area contributed by atoms with Crippen molar-refractivity contribution in [1.82, 2.24) is 10.6 Å². The summed E-state index contributed by atoms with van der Waals surface area (Å²) in [6.07, 6.45) is 0.644. The molecule has 8 N–H and O–H groups in total. The van der Waals surface area contributed by atoms with Gasteiger partial charge in [0.1, 0.15) is 11.5 Å². The average molecular weight is 584 g/mol. The van der Waals surface area contributed by atoms with Crippen LogP contribution in [-0.4, -0.2) is 63.7 Å². The summed E-state index contributed by atoms with van der Waals surface area (Å²) < 4.78 is 5.14. The largest absolute Gasteiger partial charge is 0.506 e. The molecule has 42 heavy (non-hydrogen) atoms. The van der Waals surface area contributed by atoms with Crippen molar-refractivity contribution in [3.8, 4) is 23.0 Å². The summed E-state index contributed by atoms with van der Waals surface area (Å²) in [5, 5.41) is 57.7. The number of carbonyl (C=O) groups is 1. The molecule has 0 fully saturated rings. The summed E-state index contributed by atoms with van der Waals surface area (Å²) in [5.74, 6) is 0.405. The molecule has 10 nitrogen and oxygen atoms in total. The molecule has 0 bridgehead atoms. The van der Waals surface area contributed by atoms with E-state index in [2.05, 4.69) is 16.0 Å². The minimum absolute atomic E-state index is 0.0381. The number of anilines is 1. The number of aliphatic hydroxyl groups excluding tert-OH is 2. The van der Waals surface area contributed by atoms with E-state index < -0.39 is 12.2 Å². The van der Waals surface area contributed by atoms with Crippen molar-refractivity contribution >= 4 is 12.1 Å². The van der Waals surface area contributed by atoms with Crippen LogP contribution in [0.2, 0.25) is 0 Å². The molecule has 1 amide bonds. The van der Waals surface area contributed by atoms with Gasteiger partial charge in [-0.15, -0.1) is 0 Å². The molecule has 0 spiro atoms. The van der Waals surface area contributed by atoms with Gasteiger partial charge in [-0.25, -0.2) is 0 Å². The second kappa shape index (κ2) is 17.2. The Morgan fingerprint density at radius 1 is 0.857 bits per heavy atom. The zero-order chi connectivity index (χ0) is 31.2. The van der Waals surface area contributed by atoms with E-state index in [0.29, 0.717) is 24.1 Å². The molecule has 0 heterocycles. The second-order valence-electron chi connectivity index (χ2n) is 10.4. The van der Waals surface area contributed by atoms with Crippen LogP contribution in [0.5, 0.6) is 23.0 Å². The van der Waals surface area contributed by atoms with Crippen molar-refractivity contribution in [1.29, 1.82) is 0 Å². The maximum absolute atomic E-state index is 10.5. The lowest BCUT2D eigenvalue weighted by atomic mass is 9.99. The third-order valence-corrected chi connectivity index (χ3v) is 6.69. The first-order chi connectivity index (χ1) is 20.0. The minimum atomic E-state index is -0.744. The van der Waals surface area contributed by atoms with Gasteiger partial charge in [-0.05, 0) is 72.9 Å². The SMILES string of the molecule is CCC(NC(C)C)C(O)c1ccc(O)c(O)c1.COc1ccc(C[C@@H](C)NC[C@H](O)c2ccc(O)c(NC=O)c2)cc1. The van der Waals surface area contributed by atoms with E-state index in [9.17, 15) is 30.3 Å². The maximum Gasteiger partial charge on any atom is 0.211 e. The number of phenols is 3. The van der Waals surface area contributed by atoms with Crippen LogP contribution in [0.3, 0.4) is 0 Å². The lowest BCUT2D eigenvalue weighted by Gasteiger charge is -2.25. The molecule has 0 aliphatic rings. The molecule has 230 valence electrons. The Morgan fingerprint density at radius 3 is 2.07 bits per heavy atom. The van der Waals surface area contributed by atoms with Gasteiger partial charge in [0.25, 0.3) is 0 Å². The standard InChI is InChI=1S/C19H24N2O4.C13H21NO3/c1-13(9-14-3-6-16(25-2)7-4-14)20-11-19(24)15-5-8-18(23)17(10-15)21-12-22;1-4-10(14-8(2)3)13(17)9-5-6-11(15)12(16)7-9/h3-8,10,12-13,19-20,23-24H,9,11H2,1-2H3,(H,21,22);5-8,10,13-17H,4H2,1-3H3/t13-,19+;/m1./s1. The van der Waals surface area contributed by atoms with Gasteiger partial charge < -0.3 is 46.2 Å². The predicted octanol–water partition coefficient (Wildman–Crippen LogP) is 4.13. The van der Waals surface area contributed by atoms with Crippen molar-refractivity contribution in [3.63, 3.8) is 0 Å². The lowest BCUT2D eigenvalue weighted by Crippen LogP contribution is -2.38. The highest BCUT2D eigenvalue weighted by atomic mass is 16.5. The van der Waals surface area contributed by atoms with E-state index in [1.165, 1.54) is 23.8 Å². The second-order valence-corrected chi connectivity index (χ2v) is 10.4. The Hall–Kier alpha value is -3.83. The summed E-state index contributed by atoms with van der Waals surface area (Å²) in [6.45, 7) is 8.44. The third kappa shape index (κ3) is 10.9. The molecule has 0 saturated heterocycles. The van der Waals surface area contributed by atoms with Crippen LogP contribution in [0, 0.1) is 0 Å². The predicted molar refractivity (Wildman–Crippen MR) is 164 cm³/mol. The number of nitrogens with one attached hydrogen (secondary N) is 3. The number of hydrogen-bond acceptors (Lipinski definition) is 9. The number of aromatic hydroxyl groups is 3. The van der Waals surface area contributed by atoms with E-state index >= 15 is 0 Å². The van der Waals surface area contributed by atoms with Gasteiger partial charge in [0.05, 0.1) is 25.0 Å². The topological polar surface area (TPSA) is 164 Å². The Labute approximate surface area is 248 Å². The quantitative estimate of drug-likeness (QED) is 0.103. The minimum Gasteiger partial charge on any atom is -0.506 e. The van der Waals surface area contributed by atoms with Gasteiger partial charge in [-0.3, -0.25) is 4.79 Å². The number of amides is 1. The Bertz CT molecular complexity index is 1240. The van der Waals surface area contributed by atoms with E-state index in [4.69, 9.17) is 4.74 Å². The maximum atomic E-state index is 10.5. The average Bonchev–Trinajstić information content (AvgIpc) is 2.97. The zero-order valence-electron chi connectivity index (χ0n) is 24.9. The molecule has 0 aromatic heterocycles. The van der Waals surface area contributed by atoms with E-state index in [-0.39, 0.29) is 41.1 Å². The number of phenolic OH excluding ortho intramolecular Hbond substituents is 3. The van der Waals surface area contributed by atoms with Crippen LogP contribution in [-0.2, 0) is 11.2 Å². The summed E-state index contributed by atoms with van der Waals surface area (Å²) in [4.78, 5) is 10.5. The molecule has 3 aromatic rings. The van der Waals surface area contributed by atoms with Gasteiger partial charge >= 0.3 is 0 Å². The number of aliphatic hydroxyl groups is 2. The highest BCUT2D eigenvalue weighted by molar-refractivity contribution is 5.75. The first kappa shape index (κ1) is 34.4. The van der Waals surface area contributed by atoms with E-state index in [1.807, 2.05) is 52.0 Å². The Kier molecular flexibility index (Phi) is 14.1. The monoisotopic (exact) mass is 583 g/mol. The van der Waals surface area contributed by atoms with Gasteiger partial charge in [0.2, 0.25) is 6.41 Å². The van der Waals surface area contributed by atoms with Crippen LogP contribution in [0.4, 0.5) is 5.69 Å². The van der Waals surface area contributed by atoms with Gasteiger partial charge in [-0.1, -0.05) is 45.0 Å². The number of hydrogen-bond donors (Lipinski definition) is 8. The molecular weight excluding hydrogens is 538 g/mol. The third-order valence-electron chi connectivity index (χ3n) is 6.69. The number of rotatable bonds is 14. The van der Waals surface area contributed by atoms with Gasteiger partial charge in [0, 0.05) is 24.7 Å². The normalized spacial score (nSPS) is 13.8. The van der Waals surface area contributed by atoms with Crippen molar-refractivity contribution in [2.24, 2.45) is 0 Å². The summed E-state index contributed by atoms with van der Waals surface area (Å²) in [6, 6.07) is 17.3. The van der Waals surface area contributed by atoms with Crippen molar-refractivity contribution < 1.29 is 35.1 Å². The molecule has 0 aliphatic carbocycles. The fraction of sp³-hybridized carbons (Fsp3) is 0.406. The summed E-state index contributed by atoms with van der Waals surface area (Å²) >= 11 is 0. The first-order valence-corrected chi connectivity index (χ1v) is 14.0. The van der Waals surface area contributed by atoms with Crippen LogP contribution in [0.15, 0.2) is 60.7 Å². The van der Waals surface area contributed by atoms with E-state index in [1.54, 1.807) is 25.3 Å². The van der Waals surface area contributed by atoms with Crippen molar-refractivity contribution in [2.45, 2.75) is 70.9 Å². The number of carbonyl (C=O) groups excluding carboxylic acids is 1. The van der Waals surface area contributed by atoms with Gasteiger partial charge in [0.15, 0.2) is 11.5 Å². The number of methoxy groups -OCH3 is 1. The number of benzene rings is 3. The fourth-order valence-electron chi connectivity index (χ4n) is 4.38. The smallest absolute Gasteiger partial charge is 0.211 e. The summed E-state index contributed by atoms with van der Waals surface area (Å²) in [5.41, 5.74) is 2.67. The number of ether oxygens (including phenoxy) is 1. The van der Waals surface area contributed by atoms with Crippen LogP contribution < -0.4 is 20.7 Å². The Balaban J connectivity index is 0.000000317. The highest BCUT2D eigenvalue weighted by Gasteiger charge is 2.20. The van der Waals surface area contributed by atoms with Crippen LogP contribution >= 0.6 is 0 Å². The lowest BCUT2D eigenvalue weighted by molar-refractivity contribution is -0.105. The van der Waals surface area contributed by atoms with Gasteiger partial charge in [-0.2, -0.15) is 0 Å². The van der Waals surface area contributed by atoms with Crippen molar-refractivity contribution in [2.75, 3.05) is 19.0 Å². The van der Waals surface area contributed by atoms with Crippen LogP contribution in [0.1, 0.15) is 63.0 Å². The first-order valence-electron chi connectivity index (χ1n) is 14.0. The highest BCUT2D eigenvalue weighted by Crippen LogP contribution is 2.30. The molecular formula is C32H45N3O7. The molecule has 0 aliphatic heterocycles. The molecule has 3 rings (SSSR count).